The molecule has 1 heterocycles. The quantitative estimate of drug-likeness (QED) is 0.890. The molecule has 2 aromatic rings. The molecule has 1 aromatic carbocycles. The topological polar surface area (TPSA) is 73.2 Å². The molecule has 2 rings (SSSR count). The van der Waals surface area contributed by atoms with Gasteiger partial charge in [0.15, 0.2) is 0 Å². The van der Waals surface area contributed by atoms with Crippen molar-refractivity contribution in [3.05, 3.63) is 47.2 Å². The second kappa shape index (κ2) is 7.01. The van der Waals surface area contributed by atoms with Gasteiger partial charge < -0.3 is 15.2 Å². The molecule has 5 heteroatoms. The average molecular weight is 299 g/mol. The summed E-state index contributed by atoms with van der Waals surface area (Å²) in [6.45, 7) is 4.93. The number of aryl methyl sites for hydroxylation is 1. The van der Waals surface area contributed by atoms with E-state index in [0.717, 1.165) is 5.56 Å². The Labute approximate surface area is 130 Å². The van der Waals surface area contributed by atoms with Crippen molar-refractivity contribution in [3.8, 4) is 11.9 Å². The molecule has 1 atom stereocenters. The third kappa shape index (κ3) is 3.60. The molecule has 0 saturated carbocycles. The van der Waals surface area contributed by atoms with Gasteiger partial charge in [0.05, 0.1) is 18.8 Å². The molecule has 0 aliphatic heterocycles. The fourth-order valence-electron chi connectivity index (χ4n) is 2.27. The molecule has 5 nitrogen and oxygen atoms in total. The van der Waals surface area contributed by atoms with Crippen molar-refractivity contribution in [2.24, 2.45) is 0 Å². The maximum Gasteiger partial charge on any atom is 0.219 e. The van der Waals surface area contributed by atoms with Crippen LogP contribution in [0.15, 0.2) is 30.3 Å². The van der Waals surface area contributed by atoms with Crippen molar-refractivity contribution in [1.82, 2.24) is 4.57 Å². The van der Waals surface area contributed by atoms with E-state index in [-0.39, 0.29) is 6.10 Å². The molecule has 0 aliphatic carbocycles. The molecular weight excluding hydrogens is 278 g/mol. The molecule has 22 heavy (non-hydrogen) atoms. The first-order chi connectivity index (χ1) is 10.5. The van der Waals surface area contributed by atoms with Crippen LogP contribution in [0.4, 0.5) is 5.69 Å². The van der Waals surface area contributed by atoms with E-state index in [4.69, 9.17) is 15.2 Å². The zero-order chi connectivity index (χ0) is 16.1. The van der Waals surface area contributed by atoms with Gasteiger partial charge in [0.25, 0.3) is 0 Å². The fraction of sp³-hybridized carbons (Fsp3) is 0.353. The summed E-state index contributed by atoms with van der Waals surface area (Å²) in [6.07, 6.45) is -0.148. The van der Waals surface area contributed by atoms with E-state index in [2.05, 4.69) is 6.07 Å². The van der Waals surface area contributed by atoms with Crippen molar-refractivity contribution in [2.45, 2.75) is 26.5 Å². The lowest BCUT2D eigenvalue weighted by Crippen LogP contribution is -2.20. The second-order valence-corrected chi connectivity index (χ2v) is 5.36. The van der Waals surface area contributed by atoms with Gasteiger partial charge in [-0.1, -0.05) is 29.8 Å². The predicted molar refractivity (Wildman–Crippen MR) is 85.8 cm³/mol. The molecule has 0 bridgehead atoms. The fourth-order valence-corrected chi connectivity index (χ4v) is 2.27. The molecule has 1 aromatic heterocycles. The van der Waals surface area contributed by atoms with Crippen LogP contribution < -0.4 is 10.5 Å². The highest BCUT2D eigenvalue weighted by Gasteiger charge is 2.17. The number of hydrogen-bond donors (Lipinski definition) is 1. The third-order valence-corrected chi connectivity index (χ3v) is 3.37. The van der Waals surface area contributed by atoms with Gasteiger partial charge in [-0.15, -0.1) is 0 Å². The van der Waals surface area contributed by atoms with E-state index in [1.54, 1.807) is 17.7 Å². The van der Waals surface area contributed by atoms with E-state index in [1.165, 1.54) is 5.56 Å². The first-order valence-corrected chi connectivity index (χ1v) is 7.15. The number of methoxy groups -OCH3 is 1. The van der Waals surface area contributed by atoms with Crippen molar-refractivity contribution in [2.75, 3.05) is 19.5 Å². The number of nitrogen functional groups attached to an aromatic ring is 1. The van der Waals surface area contributed by atoms with Gasteiger partial charge in [-0.05, 0) is 19.4 Å². The Hall–Kier alpha value is -2.45. The Bertz CT molecular complexity index is 668. The van der Waals surface area contributed by atoms with E-state index >= 15 is 0 Å². The molecule has 2 N–H and O–H groups in total. The molecule has 0 amide bonds. The van der Waals surface area contributed by atoms with Gasteiger partial charge in [0, 0.05) is 13.2 Å². The lowest BCUT2D eigenvalue weighted by atomic mass is 10.1. The first-order valence-electron chi connectivity index (χ1n) is 7.15. The number of aromatic nitrogens is 1. The summed E-state index contributed by atoms with van der Waals surface area (Å²) < 4.78 is 12.7. The molecule has 0 radical (unpaired) electrons. The predicted octanol–water partition coefficient (Wildman–Crippen LogP) is 2.71. The summed E-state index contributed by atoms with van der Waals surface area (Å²) in [5.41, 5.74) is 9.23. The zero-order valence-electron chi connectivity index (χ0n) is 13.2. The van der Waals surface area contributed by atoms with Crippen molar-refractivity contribution in [3.63, 3.8) is 0 Å². The van der Waals surface area contributed by atoms with Crippen LogP contribution in [0.5, 0.6) is 5.88 Å². The highest BCUT2D eigenvalue weighted by molar-refractivity contribution is 5.55. The molecule has 0 spiro atoms. The molecule has 0 saturated heterocycles. The summed E-state index contributed by atoms with van der Waals surface area (Å²) in [7, 11) is 1.62. The lowest BCUT2D eigenvalue weighted by molar-refractivity contribution is 0.0869. The number of hydrogen-bond acceptors (Lipinski definition) is 4. The van der Waals surface area contributed by atoms with E-state index < -0.39 is 0 Å². The number of anilines is 1. The molecule has 0 fully saturated rings. The Morgan fingerprint density at radius 3 is 2.59 bits per heavy atom. The molecular formula is C17H21N3O2. The number of nitrogens with two attached hydrogens (primary N) is 1. The SMILES string of the molecule is COC[C@H](C)Oc1c(N)cc(C#N)n1Cc1ccc(C)cc1. The minimum Gasteiger partial charge on any atom is -0.472 e. The maximum atomic E-state index is 9.31. The van der Waals surface area contributed by atoms with Crippen LogP contribution in [0, 0.1) is 18.3 Å². The summed E-state index contributed by atoms with van der Waals surface area (Å²) in [4.78, 5) is 0. The van der Waals surface area contributed by atoms with E-state index in [9.17, 15) is 5.26 Å². The maximum absolute atomic E-state index is 9.31. The van der Waals surface area contributed by atoms with Gasteiger partial charge in [-0.25, -0.2) is 0 Å². The molecule has 0 aliphatic rings. The number of nitrogens with zero attached hydrogens (tertiary/aromatic N) is 2. The Kier molecular flexibility index (Phi) is 5.08. The Balaban J connectivity index is 2.31. The smallest absolute Gasteiger partial charge is 0.219 e. The van der Waals surface area contributed by atoms with Crippen LogP contribution in [-0.2, 0) is 11.3 Å². The van der Waals surface area contributed by atoms with Gasteiger partial charge >= 0.3 is 0 Å². The summed E-state index contributed by atoms with van der Waals surface area (Å²) in [5, 5.41) is 9.31. The highest BCUT2D eigenvalue weighted by atomic mass is 16.5. The standard InChI is InChI=1S/C17H21N3O2/c1-12-4-6-14(7-5-12)10-20-15(9-18)8-16(19)17(20)22-13(2)11-21-3/h4-8,13H,10-11,19H2,1-3H3/t13-/m0/s1. The Morgan fingerprint density at radius 1 is 1.32 bits per heavy atom. The Morgan fingerprint density at radius 2 is 2.00 bits per heavy atom. The number of benzene rings is 1. The minimum atomic E-state index is -0.148. The van der Waals surface area contributed by atoms with Crippen LogP contribution >= 0.6 is 0 Å². The van der Waals surface area contributed by atoms with Crippen LogP contribution in [0.3, 0.4) is 0 Å². The first kappa shape index (κ1) is 15.9. The number of rotatable bonds is 6. The van der Waals surface area contributed by atoms with Gasteiger partial charge in [0.2, 0.25) is 5.88 Å². The summed E-state index contributed by atoms with van der Waals surface area (Å²) in [6, 6.07) is 12.0. The monoisotopic (exact) mass is 299 g/mol. The number of nitriles is 1. The van der Waals surface area contributed by atoms with E-state index in [1.807, 2.05) is 38.1 Å². The summed E-state index contributed by atoms with van der Waals surface area (Å²) in [5.74, 6) is 0.515. The average Bonchev–Trinajstić information content (AvgIpc) is 2.78. The van der Waals surface area contributed by atoms with Crippen molar-refractivity contribution in [1.29, 1.82) is 5.26 Å². The van der Waals surface area contributed by atoms with Crippen molar-refractivity contribution >= 4 is 5.69 Å². The molecule has 0 unspecified atom stereocenters. The molecule has 116 valence electrons. The zero-order valence-corrected chi connectivity index (χ0v) is 13.2. The highest BCUT2D eigenvalue weighted by Crippen LogP contribution is 2.28. The van der Waals surface area contributed by atoms with Crippen LogP contribution in [0.1, 0.15) is 23.7 Å². The summed E-state index contributed by atoms with van der Waals surface area (Å²) >= 11 is 0. The van der Waals surface area contributed by atoms with Gasteiger partial charge in [0.1, 0.15) is 17.9 Å². The number of ether oxygens (including phenoxy) is 2. The van der Waals surface area contributed by atoms with Crippen LogP contribution in [0.25, 0.3) is 0 Å². The van der Waals surface area contributed by atoms with E-state index in [0.29, 0.717) is 30.4 Å². The van der Waals surface area contributed by atoms with Crippen molar-refractivity contribution < 1.29 is 9.47 Å². The van der Waals surface area contributed by atoms with Gasteiger partial charge in [-0.3, -0.25) is 4.57 Å². The lowest BCUT2D eigenvalue weighted by Gasteiger charge is -2.17. The minimum absolute atomic E-state index is 0.148. The van der Waals surface area contributed by atoms with Crippen LogP contribution in [0.2, 0.25) is 0 Å². The third-order valence-electron chi connectivity index (χ3n) is 3.37. The van der Waals surface area contributed by atoms with Crippen LogP contribution in [-0.4, -0.2) is 24.4 Å². The van der Waals surface area contributed by atoms with Gasteiger partial charge in [-0.2, -0.15) is 5.26 Å². The largest absolute Gasteiger partial charge is 0.472 e. The normalized spacial score (nSPS) is 11.9. The second-order valence-electron chi connectivity index (χ2n) is 5.36.